The number of carbonyl (C=O) groups is 1. The van der Waals surface area contributed by atoms with Gasteiger partial charge in [0.15, 0.2) is 5.78 Å². The zero-order valence-corrected chi connectivity index (χ0v) is 13.1. The van der Waals surface area contributed by atoms with Crippen LogP contribution in [0.4, 0.5) is 13.2 Å². The van der Waals surface area contributed by atoms with Gasteiger partial charge in [0.25, 0.3) is 0 Å². The van der Waals surface area contributed by atoms with Crippen molar-refractivity contribution in [3.8, 4) is 0 Å². The summed E-state index contributed by atoms with van der Waals surface area (Å²) >= 11 is 6.05. The van der Waals surface area contributed by atoms with E-state index in [0.29, 0.717) is 10.0 Å². The molecule has 0 aliphatic rings. The van der Waals surface area contributed by atoms with Gasteiger partial charge in [0.05, 0.1) is 5.56 Å². The highest BCUT2D eigenvalue weighted by atomic mass is 79.9. The Morgan fingerprint density at radius 2 is 1.60 bits per heavy atom. The van der Waals surface area contributed by atoms with Gasteiger partial charge in [-0.15, -0.1) is 0 Å². The molecule has 2 rings (SSSR count). The van der Waals surface area contributed by atoms with E-state index in [0.717, 1.165) is 12.1 Å². The lowest BCUT2D eigenvalue weighted by molar-refractivity contribution is 0.0984. The standard InChI is InChI=1S/C14H7Br2F3O/c15-8-4-11(18)14(12(19)5-8)13(20)3-7-1-2-9(17)6-10(7)16/h1-2,4-6H,3H2. The van der Waals surface area contributed by atoms with Crippen LogP contribution in [-0.2, 0) is 6.42 Å². The molecule has 0 heterocycles. The van der Waals surface area contributed by atoms with Crippen LogP contribution < -0.4 is 0 Å². The summed E-state index contributed by atoms with van der Waals surface area (Å²) < 4.78 is 40.9. The molecule has 104 valence electrons. The Hall–Kier alpha value is -1.14. The first kappa shape index (κ1) is 15.3. The predicted molar refractivity (Wildman–Crippen MR) is 76.2 cm³/mol. The van der Waals surface area contributed by atoms with Crippen LogP contribution in [0.5, 0.6) is 0 Å². The monoisotopic (exact) mass is 406 g/mol. The maximum atomic E-state index is 13.7. The molecule has 0 aliphatic carbocycles. The summed E-state index contributed by atoms with van der Waals surface area (Å²) in [6.45, 7) is 0. The van der Waals surface area contributed by atoms with Crippen LogP contribution in [0, 0.1) is 17.5 Å². The second-order valence-electron chi connectivity index (χ2n) is 4.08. The Balaban J connectivity index is 2.33. The molecule has 1 nitrogen and oxygen atoms in total. The molecule has 6 heteroatoms. The third kappa shape index (κ3) is 3.30. The second-order valence-corrected chi connectivity index (χ2v) is 5.85. The highest BCUT2D eigenvalue weighted by Gasteiger charge is 2.19. The van der Waals surface area contributed by atoms with Crippen LogP contribution in [0.15, 0.2) is 39.3 Å². The van der Waals surface area contributed by atoms with Crippen molar-refractivity contribution in [2.24, 2.45) is 0 Å². The van der Waals surface area contributed by atoms with Crippen molar-refractivity contribution in [1.82, 2.24) is 0 Å². The smallest absolute Gasteiger partial charge is 0.173 e. The van der Waals surface area contributed by atoms with Gasteiger partial charge in [0.2, 0.25) is 0 Å². The van der Waals surface area contributed by atoms with E-state index in [1.807, 2.05) is 0 Å². The zero-order valence-electron chi connectivity index (χ0n) is 9.89. The van der Waals surface area contributed by atoms with Gasteiger partial charge in [-0.05, 0) is 29.8 Å². The van der Waals surface area contributed by atoms with Crippen LogP contribution in [0.2, 0.25) is 0 Å². The molecule has 0 saturated heterocycles. The number of hydrogen-bond acceptors (Lipinski definition) is 1. The molecule has 0 aliphatic heterocycles. The number of benzene rings is 2. The van der Waals surface area contributed by atoms with Crippen LogP contribution >= 0.6 is 31.9 Å². The maximum absolute atomic E-state index is 13.7. The van der Waals surface area contributed by atoms with Crippen LogP contribution in [0.25, 0.3) is 0 Å². The first-order chi connectivity index (χ1) is 9.38. The Kier molecular flexibility index (Phi) is 4.65. The number of rotatable bonds is 3. The molecule has 2 aromatic carbocycles. The number of halogens is 5. The molecule has 0 unspecified atom stereocenters. The highest BCUT2D eigenvalue weighted by Crippen LogP contribution is 2.24. The summed E-state index contributed by atoms with van der Waals surface area (Å²) in [5.74, 6) is -3.03. The van der Waals surface area contributed by atoms with E-state index in [9.17, 15) is 18.0 Å². The minimum absolute atomic E-state index is 0.215. The number of ketones is 1. The normalized spacial score (nSPS) is 10.7. The number of Topliss-reactive ketones (excluding diaryl/α,β-unsaturated/α-hetero) is 1. The summed E-state index contributed by atoms with van der Waals surface area (Å²) in [5.41, 5.74) is -0.137. The van der Waals surface area contributed by atoms with Crippen molar-refractivity contribution in [3.63, 3.8) is 0 Å². The largest absolute Gasteiger partial charge is 0.294 e. The van der Waals surface area contributed by atoms with Crippen molar-refractivity contribution < 1.29 is 18.0 Å². The maximum Gasteiger partial charge on any atom is 0.173 e. The van der Waals surface area contributed by atoms with Crippen molar-refractivity contribution in [1.29, 1.82) is 0 Å². The van der Waals surface area contributed by atoms with Gasteiger partial charge >= 0.3 is 0 Å². The number of hydrogen-bond donors (Lipinski definition) is 0. The molecule has 0 atom stereocenters. The summed E-state index contributed by atoms with van der Waals surface area (Å²) in [4.78, 5) is 12.0. The minimum Gasteiger partial charge on any atom is -0.294 e. The fraction of sp³-hybridized carbons (Fsp3) is 0.0714. The lowest BCUT2D eigenvalue weighted by Gasteiger charge is -2.07. The summed E-state index contributed by atoms with van der Waals surface area (Å²) in [7, 11) is 0. The quantitative estimate of drug-likeness (QED) is 0.650. The minimum atomic E-state index is -0.930. The Labute approximate surface area is 130 Å². The molecule has 0 spiro atoms. The molecule has 0 aromatic heterocycles. The van der Waals surface area contributed by atoms with E-state index >= 15 is 0 Å². The Bertz CT molecular complexity index is 663. The molecular formula is C14H7Br2F3O. The van der Waals surface area contributed by atoms with Gasteiger partial charge in [-0.25, -0.2) is 13.2 Å². The SMILES string of the molecule is O=C(Cc1ccc(F)cc1Br)c1c(F)cc(Br)cc1F. The van der Waals surface area contributed by atoms with E-state index in [-0.39, 0.29) is 10.9 Å². The third-order valence-corrected chi connectivity index (χ3v) is 3.85. The van der Waals surface area contributed by atoms with Crippen LogP contribution in [0.3, 0.4) is 0 Å². The second kappa shape index (κ2) is 6.10. The molecular weight excluding hydrogens is 401 g/mol. The Morgan fingerprint density at radius 3 is 2.15 bits per heavy atom. The van der Waals surface area contributed by atoms with Crippen molar-refractivity contribution in [2.75, 3.05) is 0 Å². The first-order valence-electron chi connectivity index (χ1n) is 5.50. The van der Waals surface area contributed by atoms with Crippen molar-refractivity contribution in [2.45, 2.75) is 6.42 Å². The van der Waals surface area contributed by atoms with Gasteiger partial charge in [0.1, 0.15) is 17.5 Å². The van der Waals surface area contributed by atoms with Crippen LogP contribution in [-0.4, -0.2) is 5.78 Å². The average Bonchev–Trinajstić information content (AvgIpc) is 2.31. The van der Waals surface area contributed by atoms with Gasteiger partial charge in [-0.2, -0.15) is 0 Å². The van der Waals surface area contributed by atoms with Crippen molar-refractivity contribution >= 4 is 37.6 Å². The molecule has 0 bridgehead atoms. The molecule has 0 amide bonds. The fourth-order valence-corrected chi connectivity index (χ4v) is 2.63. The molecule has 20 heavy (non-hydrogen) atoms. The summed E-state index contributed by atoms with van der Waals surface area (Å²) in [6.07, 6.45) is -0.226. The third-order valence-electron chi connectivity index (χ3n) is 2.65. The Morgan fingerprint density at radius 1 is 1.00 bits per heavy atom. The van der Waals surface area contributed by atoms with E-state index in [1.165, 1.54) is 18.2 Å². The van der Waals surface area contributed by atoms with Gasteiger partial charge < -0.3 is 0 Å². The summed E-state index contributed by atoms with van der Waals surface area (Å²) in [6, 6.07) is 5.82. The van der Waals surface area contributed by atoms with Gasteiger partial charge in [-0.1, -0.05) is 37.9 Å². The van der Waals surface area contributed by atoms with Gasteiger partial charge in [-0.3, -0.25) is 4.79 Å². The lowest BCUT2D eigenvalue weighted by Crippen LogP contribution is -2.09. The molecule has 0 radical (unpaired) electrons. The molecule has 0 fully saturated rings. The number of carbonyl (C=O) groups excluding carboxylic acids is 1. The van der Waals surface area contributed by atoms with E-state index in [1.54, 1.807) is 0 Å². The van der Waals surface area contributed by atoms with E-state index < -0.39 is 28.8 Å². The predicted octanol–water partition coefficient (Wildman–Crippen LogP) is 5.05. The molecule has 0 saturated carbocycles. The van der Waals surface area contributed by atoms with E-state index in [4.69, 9.17) is 0 Å². The molecule has 2 aromatic rings. The fourth-order valence-electron chi connectivity index (χ4n) is 1.73. The summed E-state index contributed by atoms with van der Waals surface area (Å²) in [5, 5.41) is 0. The topological polar surface area (TPSA) is 17.1 Å². The average molecular weight is 408 g/mol. The van der Waals surface area contributed by atoms with E-state index in [2.05, 4.69) is 31.9 Å². The van der Waals surface area contributed by atoms with Crippen LogP contribution in [0.1, 0.15) is 15.9 Å². The lowest BCUT2D eigenvalue weighted by atomic mass is 10.0. The van der Waals surface area contributed by atoms with Crippen molar-refractivity contribution in [3.05, 3.63) is 67.9 Å². The highest BCUT2D eigenvalue weighted by molar-refractivity contribution is 9.10. The van der Waals surface area contributed by atoms with Gasteiger partial charge in [0, 0.05) is 15.4 Å². The molecule has 0 N–H and O–H groups in total. The first-order valence-corrected chi connectivity index (χ1v) is 7.08. The zero-order chi connectivity index (χ0) is 14.9.